The number of ether oxygens (including phenoxy) is 1. The highest BCUT2D eigenvalue weighted by Crippen LogP contribution is 2.44. The fraction of sp³-hybridized carbons (Fsp3) is 0.444. The van der Waals surface area contributed by atoms with Crippen LogP contribution in [0.15, 0.2) is 48.5 Å². The van der Waals surface area contributed by atoms with Crippen LogP contribution in [0.2, 0.25) is 0 Å². The summed E-state index contributed by atoms with van der Waals surface area (Å²) in [6.07, 6.45) is 0.433. The first-order valence-corrected chi connectivity index (χ1v) is 11.9. The van der Waals surface area contributed by atoms with Crippen molar-refractivity contribution < 1.29 is 24.2 Å². The zero-order valence-electron chi connectivity index (χ0n) is 20.0. The monoisotopic (exact) mass is 466 g/mol. The summed E-state index contributed by atoms with van der Waals surface area (Å²) < 4.78 is 5.56. The van der Waals surface area contributed by atoms with Gasteiger partial charge in [0.15, 0.2) is 0 Å². The Hall–Kier alpha value is -3.35. The van der Waals surface area contributed by atoms with Crippen LogP contribution < -0.4 is 10.6 Å². The molecule has 2 aromatic rings. The van der Waals surface area contributed by atoms with Crippen LogP contribution in [0, 0.1) is 17.8 Å². The molecule has 1 aliphatic carbocycles. The largest absolute Gasteiger partial charge is 0.481 e. The minimum atomic E-state index is -0.931. The van der Waals surface area contributed by atoms with Crippen molar-refractivity contribution in [2.45, 2.75) is 39.5 Å². The highest BCUT2D eigenvalue weighted by molar-refractivity contribution is 5.81. The molecule has 0 aliphatic heterocycles. The number of benzene rings is 2. The molecule has 1 aliphatic rings. The lowest BCUT2D eigenvalue weighted by molar-refractivity contribution is -0.141. The van der Waals surface area contributed by atoms with Gasteiger partial charge in [-0.25, -0.2) is 4.79 Å². The zero-order valence-corrected chi connectivity index (χ0v) is 20.0. The van der Waals surface area contributed by atoms with E-state index in [0.717, 1.165) is 22.3 Å². The standard InChI is InChI=1S/C27H34N2O5/c1-4-18(26(31)32)14-28-25(30)19(13-17(2)3)15-29-27(33)34-16-24-22-11-7-5-9-20(22)21-10-6-8-12-23(21)24/h5-12,17-19,24H,4,13-16H2,1-3H3,(H,28,30)(H,29,33)(H,31,32). The van der Waals surface area contributed by atoms with Crippen molar-refractivity contribution >= 4 is 18.0 Å². The van der Waals surface area contributed by atoms with Gasteiger partial charge in [0.2, 0.25) is 5.91 Å². The Morgan fingerprint density at radius 3 is 2.00 bits per heavy atom. The molecule has 34 heavy (non-hydrogen) atoms. The molecular weight excluding hydrogens is 432 g/mol. The van der Waals surface area contributed by atoms with Crippen LogP contribution in [0.25, 0.3) is 11.1 Å². The predicted molar refractivity (Wildman–Crippen MR) is 130 cm³/mol. The lowest BCUT2D eigenvalue weighted by Gasteiger charge is -2.21. The number of hydrogen-bond acceptors (Lipinski definition) is 4. The van der Waals surface area contributed by atoms with Gasteiger partial charge in [0, 0.05) is 19.0 Å². The van der Waals surface area contributed by atoms with Gasteiger partial charge in [0.05, 0.1) is 11.8 Å². The first-order chi connectivity index (χ1) is 16.3. The summed E-state index contributed by atoms with van der Waals surface area (Å²) >= 11 is 0. The predicted octanol–water partition coefficient (Wildman–Crippen LogP) is 4.41. The van der Waals surface area contributed by atoms with Crippen molar-refractivity contribution in [1.82, 2.24) is 10.6 Å². The molecule has 2 aromatic carbocycles. The molecule has 0 aromatic heterocycles. The number of carbonyl (C=O) groups is 3. The van der Waals surface area contributed by atoms with E-state index in [2.05, 4.69) is 34.9 Å². The van der Waals surface area contributed by atoms with Gasteiger partial charge in [-0.1, -0.05) is 69.3 Å². The van der Waals surface area contributed by atoms with Gasteiger partial charge in [-0.2, -0.15) is 0 Å². The van der Waals surface area contributed by atoms with Crippen molar-refractivity contribution in [1.29, 1.82) is 0 Å². The smallest absolute Gasteiger partial charge is 0.407 e. The molecule has 0 saturated carbocycles. The molecule has 2 amide bonds. The fourth-order valence-corrected chi connectivity index (χ4v) is 4.48. The van der Waals surface area contributed by atoms with E-state index in [1.807, 2.05) is 38.1 Å². The molecule has 2 atom stereocenters. The number of nitrogens with one attached hydrogen (secondary N) is 2. The molecule has 0 bridgehead atoms. The van der Waals surface area contributed by atoms with E-state index < -0.39 is 23.9 Å². The molecule has 0 saturated heterocycles. The number of carboxylic acid groups (broad SMARTS) is 1. The summed E-state index contributed by atoms with van der Waals surface area (Å²) in [7, 11) is 0. The van der Waals surface area contributed by atoms with Crippen LogP contribution in [0.5, 0.6) is 0 Å². The maximum absolute atomic E-state index is 12.7. The van der Waals surface area contributed by atoms with E-state index in [-0.39, 0.29) is 37.4 Å². The molecule has 182 valence electrons. The molecule has 3 N–H and O–H groups in total. The maximum Gasteiger partial charge on any atom is 0.407 e. The average molecular weight is 467 g/mol. The van der Waals surface area contributed by atoms with Crippen molar-refractivity contribution in [3.63, 3.8) is 0 Å². The zero-order chi connectivity index (χ0) is 24.7. The van der Waals surface area contributed by atoms with E-state index in [9.17, 15) is 19.5 Å². The molecule has 3 rings (SSSR count). The van der Waals surface area contributed by atoms with Crippen molar-refractivity contribution in [2.75, 3.05) is 19.7 Å². The van der Waals surface area contributed by atoms with E-state index in [1.165, 1.54) is 0 Å². The summed E-state index contributed by atoms with van der Waals surface area (Å²) in [5, 5.41) is 14.7. The fourth-order valence-electron chi connectivity index (χ4n) is 4.48. The minimum Gasteiger partial charge on any atom is -0.481 e. The summed E-state index contributed by atoms with van der Waals surface area (Å²) in [5.41, 5.74) is 4.59. The van der Waals surface area contributed by atoms with Crippen LogP contribution in [0.4, 0.5) is 4.79 Å². The molecule has 0 radical (unpaired) electrons. The van der Waals surface area contributed by atoms with E-state index in [4.69, 9.17) is 4.74 Å². The first kappa shape index (κ1) is 25.3. The lowest BCUT2D eigenvalue weighted by atomic mass is 9.95. The van der Waals surface area contributed by atoms with E-state index in [1.54, 1.807) is 6.92 Å². The Morgan fingerprint density at radius 1 is 0.912 bits per heavy atom. The third kappa shape index (κ3) is 6.16. The second-order valence-corrected chi connectivity index (χ2v) is 9.22. The second kappa shape index (κ2) is 11.7. The van der Waals surface area contributed by atoms with Crippen molar-refractivity contribution in [3.8, 4) is 11.1 Å². The quantitative estimate of drug-likeness (QED) is 0.455. The Morgan fingerprint density at radius 2 is 1.47 bits per heavy atom. The van der Waals surface area contributed by atoms with Crippen LogP contribution in [-0.2, 0) is 14.3 Å². The van der Waals surface area contributed by atoms with Crippen molar-refractivity contribution in [3.05, 3.63) is 59.7 Å². The number of fused-ring (bicyclic) bond motifs is 3. The van der Waals surface area contributed by atoms with Gasteiger partial charge in [0.25, 0.3) is 0 Å². The van der Waals surface area contributed by atoms with Gasteiger partial charge in [-0.05, 0) is 41.0 Å². The number of alkyl carbamates (subject to hydrolysis) is 1. The summed E-state index contributed by atoms with van der Waals surface area (Å²) in [6.45, 7) is 6.18. The summed E-state index contributed by atoms with van der Waals surface area (Å²) in [4.78, 5) is 36.4. The van der Waals surface area contributed by atoms with Gasteiger partial charge in [-0.3, -0.25) is 9.59 Å². The first-order valence-electron chi connectivity index (χ1n) is 11.9. The topological polar surface area (TPSA) is 105 Å². The third-order valence-electron chi connectivity index (χ3n) is 6.33. The number of rotatable bonds is 11. The molecular formula is C27H34N2O5. The van der Waals surface area contributed by atoms with Crippen LogP contribution in [0.3, 0.4) is 0 Å². The van der Waals surface area contributed by atoms with Crippen LogP contribution >= 0.6 is 0 Å². The normalized spacial score (nSPS) is 14.1. The SMILES string of the molecule is CCC(CNC(=O)C(CNC(=O)OCC1c2ccccc2-c2ccccc21)CC(C)C)C(=O)O. The molecule has 0 spiro atoms. The second-order valence-electron chi connectivity index (χ2n) is 9.22. The van der Waals surface area contributed by atoms with Gasteiger partial charge < -0.3 is 20.5 Å². The van der Waals surface area contributed by atoms with Crippen molar-refractivity contribution in [2.24, 2.45) is 17.8 Å². The Balaban J connectivity index is 1.56. The van der Waals surface area contributed by atoms with Crippen LogP contribution in [0.1, 0.15) is 50.7 Å². The van der Waals surface area contributed by atoms with E-state index in [0.29, 0.717) is 12.8 Å². The summed E-state index contributed by atoms with van der Waals surface area (Å²) in [5.74, 6) is -2.07. The number of amides is 2. The number of carbonyl (C=O) groups excluding carboxylic acids is 2. The van der Waals surface area contributed by atoms with Crippen LogP contribution in [-0.4, -0.2) is 42.8 Å². The van der Waals surface area contributed by atoms with Gasteiger partial charge >= 0.3 is 12.1 Å². The van der Waals surface area contributed by atoms with E-state index >= 15 is 0 Å². The molecule has 7 heteroatoms. The molecule has 2 unspecified atom stereocenters. The number of hydrogen-bond donors (Lipinski definition) is 3. The molecule has 0 fully saturated rings. The Bertz CT molecular complexity index is 974. The maximum atomic E-state index is 12.7. The summed E-state index contributed by atoms with van der Waals surface area (Å²) in [6, 6.07) is 16.3. The molecule has 0 heterocycles. The van der Waals surface area contributed by atoms with Gasteiger partial charge in [0.1, 0.15) is 6.61 Å². The third-order valence-corrected chi connectivity index (χ3v) is 6.33. The Kier molecular flexibility index (Phi) is 8.68. The Labute approximate surface area is 200 Å². The molecule has 7 nitrogen and oxygen atoms in total. The average Bonchev–Trinajstić information content (AvgIpc) is 3.14. The highest BCUT2D eigenvalue weighted by atomic mass is 16.5. The minimum absolute atomic E-state index is 0.0325. The van der Waals surface area contributed by atoms with Gasteiger partial charge in [-0.15, -0.1) is 0 Å². The highest BCUT2D eigenvalue weighted by Gasteiger charge is 2.29. The lowest BCUT2D eigenvalue weighted by Crippen LogP contribution is -2.42. The number of aliphatic carboxylic acids is 1. The number of carboxylic acids is 1.